The van der Waals surface area contributed by atoms with Gasteiger partial charge in [0, 0.05) is 19.3 Å². The third-order valence-electron chi connectivity index (χ3n) is 12.2. The molecule has 66 heavy (non-hydrogen) atoms. The predicted molar refractivity (Wildman–Crippen MR) is 284 cm³/mol. The fourth-order valence-corrected chi connectivity index (χ4v) is 7.90. The van der Waals surface area contributed by atoms with E-state index in [1.165, 1.54) is 154 Å². The first-order valence-electron chi connectivity index (χ1n) is 28.3. The van der Waals surface area contributed by atoms with Crippen molar-refractivity contribution in [3.8, 4) is 0 Å². The molecule has 0 aliphatic carbocycles. The summed E-state index contributed by atoms with van der Waals surface area (Å²) < 4.78 is 16.8. The summed E-state index contributed by atoms with van der Waals surface area (Å²) >= 11 is 0. The Morgan fingerprint density at radius 2 is 0.561 bits per heavy atom. The molecular weight excluding hydrogens is 817 g/mol. The number of carbonyl (C=O) groups excluding carboxylic acids is 3. The number of esters is 3. The van der Waals surface area contributed by atoms with Crippen LogP contribution < -0.4 is 0 Å². The Labute approximate surface area is 409 Å². The molecule has 6 heteroatoms. The normalized spacial score (nSPS) is 12.5. The highest BCUT2D eigenvalue weighted by atomic mass is 16.6. The van der Waals surface area contributed by atoms with Crippen molar-refractivity contribution < 1.29 is 28.6 Å². The third-order valence-corrected chi connectivity index (χ3v) is 12.2. The van der Waals surface area contributed by atoms with Gasteiger partial charge in [-0.15, -0.1) is 0 Å². The van der Waals surface area contributed by atoms with Crippen molar-refractivity contribution >= 4 is 17.9 Å². The molecule has 1 unspecified atom stereocenters. The van der Waals surface area contributed by atoms with E-state index in [1.807, 2.05) is 0 Å². The molecule has 0 heterocycles. The Morgan fingerprint density at radius 3 is 0.939 bits per heavy atom. The van der Waals surface area contributed by atoms with Crippen molar-refractivity contribution in [2.24, 2.45) is 0 Å². The summed E-state index contributed by atoms with van der Waals surface area (Å²) in [6.07, 6.45) is 67.9. The summed E-state index contributed by atoms with van der Waals surface area (Å²) in [5.74, 6) is -0.898. The topological polar surface area (TPSA) is 78.9 Å². The Bertz CT molecular complexity index is 1200. The molecule has 0 rings (SSSR count). The molecule has 1 atom stereocenters. The van der Waals surface area contributed by atoms with Gasteiger partial charge in [0.05, 0.1) is 0 Å². The predicted octanol–water partition coefficient (Wildman–Crippen LogP) is 18.8. The summed E-state index contributed by atoms with van der Waals surface area (Å²) in [7, 11) is 0. The number of hydrogen-bond acceptors (Lipinski definition) is 6. The molecule has 0 bridgehead atoms. The summed E-state index contributed by atoms with van der Waals surface area (Å²) in [4.78, 5) is 38.0. The van der Waals surface area contributed by atoms with Crippen LogP contribution in [-0.2, 0) is 28.6 Å². The second-order valence-electron chi connectivity index (χ2n) is 18.8. The minimum absolute atomic E-state index is 0.0816. The summed E-state index contributed by atoms with van der Waals surface area (Å²) in [6.45, 7) is 6.56. The highest BCUT2D eigenvalue weighted by molar-refractivity contribution is 5.71. The molecular formula is C60H106O6. The van der Waals surface area contributed by atoms with Crippen LogP contribution in [0.25, 0.3) is 0 Å². The molecule has 0 saturated carbocycles. The molecule has 0 amide bonds. The van der Waals surface area contributed by atoms with E-state index in [9.17, 15) is 14.4 Å². The van der Waals surface area contributed by atoms with Crippen LogP contribution in [0.2, 0.25) is 0 Å². The maximum atomic E-state index is 12.8. The van der Waals surface area contributed by atoms with Gasteiger partial charge in [-0.3, -0.25) is 14.4 Å². The maximum absolute atomic E-state index is 12.8. The lowest BCUT2D eigenvalue weighted by Gasteiger charge is -2.18. The fourth-order valence-electron chi connectivity index (χ4n) is 7.90. The molecule has 0 aromatic heterocycles. The molecule has 6 nitrogen and oxygen atoms in total. The zero-order valence-corrected chi connectivity index (χ0v) is 43.7. The molecule has 0 fully saturated rings. The summed E-state index contributed by atoms with van der Waals surface area (Å²) in [6, 6.07) is 0. The zero-order chi connectivity index (χ0) is 47.9. The van der Waals surface area contributed by atoms with Crippen LogP contribution in [0.4, 0.5) is 0 Å². The number of hydrogen-bond donors (Lipinski definition) is 0. The van der Waals surface area contributed by atoms with Gasteiger partial charge in [-0.05, 0) is 103 Å². The van der Waals surface area contributed by atoms with Crippen molar-refractivity contribution in [2.75, 3.05) is 13.2 Å². The lowest BCUT2D eigenvalue weighted by molar-refractivity contribution is -0.167. The van der Waals surface area contributed by atoms with E-state index in [1.54, 1.807) is 0 Å². The van der Waals surface area contributed by atoms with Crippen LogP contribution in [0.15, 0.2) is 60.8 Å². The first-order chi connectivity index (χ1) is 32.5. The van der Waals surface area contributed by atoms with Gasteiger partial charge in [-0.2, -0.15) is 0 Å². The van der Waals surface area contributed by atoms with Crippen LogP contribution in [-0.4, -0.2) is 37.2 Å². The number of rotatable bonds is 51. The summed E-state index contributed by atoms with van der Waals surface area (Å²) in [5, 5.41) is 0. The highest BCUT2D eigenvalue weighted by Gasteiger charge is 2.19. The number of allylic oxidation sites excluding steroid dienone is 10. The largest absolute Gasteiger partial charge is 0.462 e. The van der Waals surface area contributed by atoms with Gasteiger partial charge in [0.1, 0.15) is 13.2 Å². The van der Waals surface area contributed by atoms with Gasteiger partial charge < -0.3 is 14.2 Å². The number of ether oxygens (including phenoxy) is 3. The van der Waals surface area contributed by atoms with Gasteiger partial charge in [0.2, 0.25) is 0 Å². The van der Waals surface area contributed by atoms with E-state index in [-0.39, 0.29) is 31.1 Å². The van der Waals surface area contributed by atoms with Gasteiger partial charge in [-0.1, -0.05) is 223 Å². The van der Waals surface area contributed by atoms with Crippen LogP contribution in [0.1, 0.15) is 284 Å². The molecule has 0 aromatic carbocycles. The number of unbranched alkanes of at least 4 members (excludes halogenated alkanes) is 30. The third kappa shape index (κ3) is 52.1. The van der Waals surface area contributed by atoms with Gasteiger partial charge in [-0.25, -0.2) is 0 Å². The fraction of sp³-hybridized carbons (Fsp3) is 0.783. The molecule has 0 radical (unpaired) electrons. The second-order valence-corrected chi connectivity index (χ2v) is 18.8. The van der Waals surface area contributed by atoms with E-state index in [4.69, 9.17) is 14.2 Å². The van der Waals surface area contributed by atoms with Gasteiger partial charge >= 0.3 is 17.9 Å². The smallest absolute Gasteiger partial charge is 0.306 e. The molecule has 0 aliphatic heterocycles. The minimum atomic E-state index is -0.782. The van der Waals surface area contributed by atoms with Crippen molar-refractivity contribution in [3.63, 3.8) is 0 Å². The Kier molecular flexibility index (Phi) is 52.3. The van der Waals surface area contributed by atoms with E-state index in [2.05, 4.69) is 81.5 Å². The highest BCUT2D eigenvalue weighted by Crippen LogP contribution is 2.15. The monoisotopic (exact) mass is 923 g/mol. The van der Waals surface area contributed by atoms with Crippen LogP contribution >= 0.6 is 0 Å². The average molecular weight is 924 g/mol. The molecule has 0 saturated heterocycles. The van der Waals surface area contributed by atoms with Crippen molar-refractivity contribution in [1.82, 2.24) is 0 Å². The lowest BCUT2D eigenvalue weighted by atomic mass is 10.1. The standard InChI is InChI=1S/C60H106O6/c1-4-7-10-13-16-19-22-24-25-26-27-28-29-30-31-32-33-34-35-36-39-41-44-47-50-53-59(62)65-56-57(55-64-58(61)52-49-46-43-40-37-21-18-15-12-9-6-3)66-60(63)54-51-48-45-42-38-23-20-17-14-11-8-5-2/h15,17-18,20,22,24,26-27,29-30,57H,4-14,16,19,21,23,25,28,31-56H2,1-3H3/b18-15-,20-17-,24-22-,27-26-,30-29-. The van der Waals surface area contributed by atoms with Crippen molar-refractivity contribution in [1.29, 1.82) is 0 Å². The SMILES string of the molecule is CCCC/C=C\CCCCCCCC(=O)OCC(COC(=O)CCCCCCCCCCCC/C=C\C/C=C\C/C=C\CCCCCCC)OC(=O)CCCCCCC/C=C\CCCCC. The molecule has 382 valence electrons. The van der Waals surface area contributed by atoms with Gasteiger partial charge in [0.25, 0.3) is 0 Å². The van der Waals surface area contributed by atoms with Crippen molar-refractivity contribution in [3.05, 3.63) is 60.8 Å². The minimum Gasteiger partial charge on any atom is -0.462 e. The molecule has 0 spiro atoms. The quantitative estimate of drug-likeness (QED) is 0.0262. The zero-order valence-electron chi connectivity index (χ0n) is 43.7. The first kappa shape index (κ1) is 63.1. The molecule has 0 N–H and O–H groups in total. The van der Waals surface area contributed by atoms with E-state index >= 15 is 0 Å². The Morgan fingerprint density at radius 1 is 0.303 bits per heavy atom. The van der Waals surface area contributed by atoms with E-state index < -0.39 is 6.10 Å². The molecule has 0 aliphatic rings. The second kappa shape index (κ2) is 54.7. The Balaban J connectivity index is 4.23. The van der Waals surface area contributed by atoms with Crippen molar-refractivity contribution in [2.45, 2.75) is 290 Å². The van der Waals surface area contributed by atoms with Gasteiger partial charge in [0.15, 0.2) is 6.10 Å². The van der Waals surface area contributed by atoms with E-state index in [0.717, 1.165) is 89.9 Å². The maximum Gasteiger partial charge on any atom is 0.306 e. The van der Waals surface area contributed by atoms with Crippen LogP contribution in [0, 0.1) is 0 Å². The Hall–Kier alpha value is -2.89. The molecule has 0 aromatic rings. The first-order valence-corrected chi connectivity index (χ1v) is 28.3. The number of carbonyl (C=O) groups is 3. The van der Waals surface area contributed by atoms with Crippen LogP contribution in [0.3, 0.4) is 0 Å². The van der Waals surface area contributed by atoms with Crippen LogP contribution in [0.5, 0.6) is 0 Å². The summed E-state index contributed by atoms with van der Waals surface area (Å²) in [5.41, 5.74) is 0. The average Bonchev–Trinajstić information content (AvgIpc) is 3.31. The van der Waals surface area contributed by atoms with E-state index in [0.29, 0.717) is 19.3 Å². The lowest BCUT2D eigenvalue weighted by Crippen LogP contribution is -2.30.